The molecule has 8 nitrogen and oxygen atoms in total. The highest BCUT2D eigenvalue weighted by Crippen LogP contribution is 2.61. The summed E-state index contributed by atoms with van der Waals surface area (Å²) in [6.45, 7) is 7.63. The molecule has 0 atom stereocenters. The highest BCUT2D eigenvalue weighted by Gasteiger charge is 2.54. The molecule has 180 valence electrons. The van der Waals surface area contributed by atoms with Crippen molar-refractivity contribution in [3.8, 4) is 5.88 Å². The maximum absolute atomic E-state index is 12.9. The molecular weight excluding hydrogens is 436 g/mol. The van der Waals surface area contributed by atoms with Crippen LogP contribution in [0.3, 0.4) is 0 Å². The molecule has 2 saturated carbocycles. The van der Waals surface area contributed by atoms with Gasteiger partial charge in [-0.1, -0.05) is 45.3 Å². The van der Waals surface area contributed by atoms with Crippen LogP contribution in [-0.2, 0) is 11.3 Å². The van der Waals surface area contributed by atoms with Crippen molar-refractivity contribution in [1.82, 2.24) is 19.7 Å². The third kappa shape index (κ3) is 5.60. The van der Waals surface area contributed by atoms with Crippen LogP contribution in [0.5, 0.6) is 5.88 Å². The van der Waals surface area contributed by atoms with Gasteiger partial charge in [0.25, 0.3) is 5.56 Å². The van der Waals surface area contributed by atoms with Crippen molar-refractivity contribution in [3.05, 3.63) is 46.8 Å². The fourth-order valence-corrected chi connectivity index (χ4v) is 3.88. The van der Waals surface area contributed by atoms with E-state index in [1.54, 1.807) is 18.2 Å². The number of hydrogen-bond donors (Lipinski definition) is 1. The van der Waals surface area contributed by atoms with Gasteiger partial charge in [-0.2, -0.15) is 0 Å². The van der Waals surface area contributed by atoms with Gasteiger partial charge in [0.15, 0.2) is 5.82 Å². The summed E-state index contributed by atoms with van der Waals surface area (Å²) in [7, 11) is 5.89. The number of aromatic nitrogens is 4. The fourth-order valence-electron chi connectivity index (χ4n) is 3.88. The number of amides is 1. The summed E-state index contributed by atoms with van der Waals surface area (Å²) in [5.41, 5.74) is 0.493. The molecule has 0 unspecified atom stereocenters. The first-order valence-electron chi connectivity index (χ1n) is 11.7. The molecule has 2 heterocycles. The monoisotopic (exact) mass is 467 g/mol. The Labute approximate surface area is 200 Å². The van der Waals surface area contributed by atoms with E-state index in [1.807, 2.05) is 27.7 Å². The Morgan fingerprint density at radius 3 is 2.47 bits per heavy atom. The number of carbonyl (C=O) groups is 1. The second-order valence-electron chi connectivity index (χ2n) is 7.99. The minimum absolute atomic E-state index is 0. The number of rotatable bonds is 5. The lowest BCUT2D eigenvalue weighted by molar-refractivity contribution is -0.117. The standard InChI is InChI=1S/C20H17BFN5O3.2C2H6.H2/c21-11-1-2-14-15(5-11)17(30-13-6-20(7-13)3-4-20)26-27(18(14)29)10-16(28)25-19-23-8-12(22)9-24-19;2*1-2;/h1-2,5,8-9,13H,3-4,6-7,10H2,(H,23,24,25,28);2*1-2H3;1H. The molecule has 1 amide bonds. The molecule has 0 saturated heterocycles. The van der Waals surface area contributed by atoms with E-state index in [0.29, 0.717) is 21.7 Å². The summed E-state index contributed by atoms with van der Waals surface area (Å²) >= 11 is 0. The molecule has 2 fully saturated rings. The number of fused-ring (bicyclic) bond motifs is 1. The first-order chi connectivity index (χ1) is 16.4. The predicted octanol–water partition coefficient (Wildman–Crippen LogP) is 3.38. The van der Waals surface area contributed by atoms with Gasteiger partial charge in [0.1, 0.15) is 20.5 Å². The van der Waals surface area contributed by atoms with Gasteiger partial charge in [-0.25, -0.2) is 19.0 Å². The maximum Gasteiger partial charge on any atom is 0.275 e. The van der Waals surface area contributed by atoms with Gasteiger partial charge in [0.05, 0.1) is 23.2 Å². The van der Waals surface area contributed by atoms with Gasteiger partial charge < -0.3 is 4.74 Å². The van der Waals surface area contributed by atoms with E-state index < -0.39 is 17.3 Å². The molecule has 3 aromatic rings. The van der Waals surface area contributed by atoms with E-state index in [4.69, 9.17) is 12.6 Å². The average Bonchev–Trinajstić information content (AvgIpc) is 3.62. The zero-order chi connectivity index (χ0) is 24.9. The minimum atomic E-state index is -0.620. The Kier molecular flexibility index (Phi) is 8.01. The highest BCUT2D eigenvalue weighted by molar-refractivity contribution is 6.33. The second kappa shape index (κ2) is 10.8. The molecule has 0 bridgehead atoms. The van der Waals surface area contributed by atoms with Gasteiger partial charge in [-0.3, -0.25) is 14.9 Å². The number of nitrogens with zero attached hydrogens (tertiary/aromatic N) is 4. The van der Waals surface area contributed by atoms with Crippen molar-refractivity contribution in [2.45, 2.75) is 66.0 Å². The largest absolute Gasteiger partial charge is 0.473 e. The third-order valence-electron chi connectivity index (χ3n) is 5.67. The van der Waals surface area contributed by atoms with Gasteiger partial charge in [-0.05, 0) is 37.2 Å². The minimum Gasteiger partial charge on any atom is -0.473 e. The van der Waals surface area contributed by atoms with Crippen LogP contribution in [0, 0.1) is 11.2 Å². The van der Waals surface area contributed by atoms with Crippen molar-refractivity contribution in [2.75, 3.05) is 5.32 Å². The molecule has 0 aliphatic heterocycles. The Bertz CT molecular complexity index is 1210. The third-order valence-corrected chi connectivity index (χ3v) is 5.67. The predicted molar refractivity (Wildman–Crippen MR) is 132 cm³/mol. The summed E-state index contributed by atoms with van der Waals surface area (Å²) < 4.78 is 20.0. The van der Waals surface area contributed by atoms with Crippen LogP contribution in [0.1, 0.15) is 54.8 Å². The molecule has 2 aliphatic carbocycles. The Hall–Kier alpha value is -3.30. The Morgan fingerprint density at radius 1 is 1.21 bits per heavy atom. The second-order valence-corrected chi connectivity index (χ2v) is 7.99. The lowest BCUT2D eigenvalue weighted by Crippen LogP contribution is -2.36. The SMILES string of the molecule is CC.CC.[B]c1ccc2c(=O)n(CC(=O)Nc3ncc(F)cn3)nc(OC3CC4(CC4)C3)c2c1.[HH]. The zero-order valence-corrected chi connectivity index (χ0v) is 20.0. The Balaban J connectivity index is 0.000000823. The van der Waals surface area contributed by atoms with Gasteiger partial charge in [-0.15, -0.1) is 5.10 Å². The van der Waals surface area contributed by atoms with E-state index in [1.165, 1.54) is 12.8 Å². The molecule has 34 heavy (non-hydrogen) atoms. The van der Waals surface area contributed by atoms with Crippen LogP contribution in [0.15, 0.2) is 35.4 Å². The van der Waals surface area contributed by atoms with Crippen LogP contribution in [0.25, 0.3) is 10.8 Å². The average molecular weight is 467 g/mol. The summed E-state index contributed by atoms with van der Waals surface area (Å²) in [5.74, 6) is -0.977. The lowest BCUT2D eigenvalue weighted by Gasteiger charge is -2.35. The number of halogens is 1. The van der Waals surface area contributed by atoms with E-state index >= 15 is 0 Å². The van der Waals surface area contributed by atoms with Gasteiger partial charge in [0, 0.05) is 1.43 Å². The van der Waals surface area contributed by atoms with Crippen molar-refractivity contribution in [2.24, 2.45) is 5.41 Å². The molecule has 1 aromatic carbocycles. The number of carbonyl (C=O) groups excluding carboxylic acids is 1. The van der Waals surface area contributed by atoms with E-state index in [9.17, 15) is 14.0 Å². The summed E-state index contributed by atoms with van der Waals surface area (Å²) in [6, 6.07) is 4.87. The summed E-state index contributed by atoms with van der Waals surface area (Å²) in [6.07, 6.45) is 6.32. The molecule has 10 heteroatoms. The van der Waals surface area contributed by atoms with Crippen LogP contribution < -0.4 is 21.1 Å². The fraction of sp³-hybridized carbons (Fsp3) is 0.458. The first-order valence-corrected chi connectivity index (χ1v) is 11.7. The van der Waals surface area contributed by atoms with Crippen LogP contribution >= 0.6 is 0 Å². The van der Waals surface area contributed by atoms with Gasteiger partial charge in [0.2, 0.25) is 17.7 Å². The zero-order valence-electron chi connectivity index (χ0n) is 20.0. The molecule has 1 spiro atoms. The molecule has 2 radical (unpaired) electrons. The smallest absolute Gasteiger partial charge is 0.275 e. The van der Waals surface area contributed by atoms with E-state index in [0.717, 1.165) is 29.9 Å². The van der Waals surface area contributed by atoms with Crippen LogP contribution in [0.4, 0.5) is 10.3 Å². The highest BCUT2D eigenvalue weighted by atomic mass is 19.1. The van der Waals surface area contributed by atoms with Gasteiger partial charge >= 0.3 is 0 Å². The lowest BCUT2D eigenvalue weighted by atomic mass is 9.79. The first kappa shape index (κ1) is 25.3. The molecule has 5 rings (SSSR count). The van der Waals surface area contributed by atoms with Crippen molar-refractivity contribution in [3.63, 3.8) is 0 Å². The van der Waals surface area contributed by atoms with Crippen molar-refractivity contribution >= 4 is 35.9 Å². The molecule has 2 aliphatic rings. The number of hydrogen-bond acceptors (Lipinski definition) is 6. The normalized spacial score (nSPS) is 15.3. The number of ether oxygens (including phenoxy) is 1. The van der Waals surface area contributed by atoms with Crippen molar-refractivity contribution in [1.29, 1.82) is 0 Å². The summed E-state index contributed by atoms with van der Waals surface area (Å²) in [4.78, 5) is 32.6. The van der Waals surface area contributed by atoms with Crippen LogP contribution in [0.2, 0.25) is 0 Å². The maximum atomic E-state index is 12.9. The topological polar surface area (TPSA) is 99.0 Å². The van der Waals surface area contributed by atoms with E-state index in [-0.39, 0.29) is 25.9 Å². The van der Waals surface area contributed by atoms with E-state index in [2.05, 4.69) is 20.4 Å². The molecular formula is C24H31BFN5O3. The number of anilines is 1. The quantitative estimate of drug-likeness (QED) is 0.578. The number of nitrogens with one attached hydrogen (secondary N) is 1. The number of benzene rings is 1. The molecule has 2 aromatic heterocycles. The van der Waals surface area contributed by atoms with Crippen molar-refractivity contribution < 1.29 is 15.3 Å². The summed E-state index contributed by atoms with van der Waals surface area (Å²) in [5, 5.41) is 7.59. The van der Waals surface area contributed by atoms with Crippen LogP contribution in [-0.4, -0.2) is 39.6 Å². The Morgan fingerprint density at radius 2 is 1.85 bits per heavy atom. The molecule has 1 N–H and O–H groups in total.